The molecule has 1 heterocycles. The Morgan fingerprint density at radius 3 is 2.42 bits per heavy atom. The normalized spacial score (nSPS) is 16.7. The number of anilines is 1. The van der Waals surface area contributed by atoms with Gasteiger partial charge in [-0.25, -0.2) is 0 Å². The van der Waals surface area contributed by atoms with Crippen LogP contribution in [0.2, 0.25) is 0 Å². The van der Waals surface area contributed by atoms with E-state index >= 15 is 0 Å². The summed E-state index contributed by atoms with van der Waals surface area (Å²) < 4.78 is 0. The van der Waals surface area contributed by atoms with Crippen LogP contribution in [0.1, 0.15) is 26.7 Å². The molecule has 1 saturated heterocycles. The van der Waals surface area contributed by atoms with Crippen molar-refractivity contribution in [1.82, 2.24) is 4.90 Å². The van der Waals surface area contributed by atoms with E-state index in [0.29, 0.717) is 19.6 Å². The Morgan fingerprint density at radius 2 is 1.88 bits per heavy atom. The van der Waals surface area contributed by atoms with Crippen molar-refractivity contribution in [3.63, 3.8) is 0 Å². The highest BCUT2D eigenvalue weighted by Gasteiger charge is 2.31. The van der Waals surface area contributed by atoms with Crippen molar-refractivity contribution in [1.29, 1.82) is 0 Å². The number of hydrogen-bond acceptors (Lipinski definition) is 3. The Morgan fingerprint density at radius 1 is 1.25 bits per heavy atom. The lowest BCUT2D eigenvalue weighted by molar-refractivity contribution is -0.137. The number of carbonyl (C=O) groups is 2. The molecule has 0 N–H and O–H groups in total. The van der Waals surface area contributed by atoms with Gasteiger partial charge in [-0.05, 0) is 38.2 Å². The summed E-state index contributed by atoms with van der Waals surface area (Å²) in [6, 6.07) is 9.83. The van der Waals surface area contributed by atoms with E-state index in [9.17, 15) is 9.59 Å². The molecule has 1 aromatic carbocycles. The zero-order valence-electron chi connectivity index (χ0n) is 14.9. The third-order valence-electron chi connectivity index (χ3n) is 4.64. The highest BCUT2D eigenvalue weighted by molar-refractivity contribution is 7.98. The molecule has 5 heteroatoms. The van der Waals surface area contributed by atoms with Crippen LogP contribution in [0.25, 0.3) is 0 Å². The summed E-state index contributed by atoms with van der Waals surface area (Å²) in [5.74, 6) is 1.35. The first kappa shape index (κ1) is 18.8. The molecule has 0 saturated carbocycles. The minimum Gasteiger partial charge on any atom is -0.342 e. The maximum Gasteiger partial charge on any atom is 0.230 e. The zero-order valence-corrected chi connectivity index (χ0v) is 15.7. The number of carbonyl (C=O) groups excluding carboxylic acids is 2. The van der Waals surface area contributed by atoms with E-state index in [4.69, 9.17) is 0 Å². The van der Waals surface area contributed by atoms with E-state index < -0.39 is 0 Å². The predicted octanol–water partition coefficient (Wildman–Crippen LogP) is 3.28. The smallest absolute Gasteiger partial charge is 0.230 e. The molecule has 0 unspecified atom stereocenters. The van der Waals surface area contributed by atoms with Crippen LogP contribution < -0.4 is 4.90 Å². The Kier molecular flexibility index (Phi) is 7.16. The van der Waals surface area contributed by atoms with Gasteiger partial charge in [0.15, 0.2) is 0 Å². The topological polar surface area (TPSA) is 40.6 Å². The van der Waals surface area contributed by atoms with Crippen LogP contribution >= 0.6 is 11.8 Å². The Hall–Kier alpha value is -1.49. The molecule has 1 fully saturated rings. The van der Waals surface area contributed by atoms with Crippen molar-refractivity contribution in [2.75, 3.05) is 36.5 Å². The van der Waals surface area contributed by atoms with Crippen molar-refractivity contribution < 1.29 is 9.59 Å². The quantitative estimate of drug-likeness (QED) is 0.792. The van der Waals surface area contributed by atoms with Crippen LogP contribution in [-0.2, 0) is 9.59 Å². The lowest BCUT2D eigenvalue weighted by atomic mass is 9.94. The van der Waals surface area contributed by atoms with Crippen LogP contribution in [0, 0.1) is 11.8 Å². The number of amides is 2. The van der Waals surface area contributed by atoms with Crippen molar-refractivity contribution in [2.45, 2.75) is 26.7 Å². The number of nitrogens with zero attached hydrogens (tertiary/aromatic N) is 2. The molecule has 2 rings (SSSR count). The minimum atomic E-state index is 0.0186. The molecule has 1 atom stereocenters. The van der Waals surface area contributed by atoms with Crippen LogP contribution in [-0.4, -0.2) is 48.4 Å². The lowest BCUT2D eigenvalue weighted by Crippen LogP contribution is -2.46. The first-order chi connectivity index (χ1) is 11.6. The number of thioether (sulfide) groups is 1. The molecule has 1 aliphatic heterocycles. The van der Waals surface area contributed by atoms with E-state index in [0.717, 1.165) is 24.3 Å². The van der Waals surface area contributed by atoms with Gasteiger partial charge in [-0.1, -0.05) is 25.1 Å². The summed E-state index contributed by atoms with van der Waals surface area (Å²) in [5.41, 5.74) is 0.956. The SMILES string of the molecule is CCN(C(=O)C1CCN(C(=O)[C@@H](C)CSC)CC1)c1ccccc1. The number of para-hydroxylation sites is 1. The molecule has 0 bridgehead atoms. The van der Waals surface area contributed by atoms with Gasteiger partial charge in [0.2, 0.25) is 11.8 Å². The van der Waals surface area contributed by atoms with Crippen LogP contribution in [0.15, 0.2) is 30.3 Å². The predicted molar refractivity (Wildman–Crippen MR) is 101 cm³/mol. The fraction of sp³-hybridized carbons (Fsp3) is 0.579. The maximum absolute atomic E-state index is 12.9. The second kappa shape index (κ2) is 9.11. The minimum absolute atomic E-state index is 0.0186. The first-order valence-electron chi connectivity index (χ1n) is 8.72. The molecule has 0 spiro atoms. The van der Waals surface area contributed by atoms with Crippen LogP contribution in [0.3, 0.4) is 0 Å². The average molecular weight is 349 g/mol. The third-order valence-corrected chi connectivity index (χ3v) is 5.48. The highest BCUT2D eigenvalue weighted by Crippen LogP contribution is 2.24. The summed E-state index contributed by atoms with van der Waals surface area (Å²) in [6.45, 7) is 6.06. The summed E-state index contributed by atoms with van der Waals surface area (Å²) in [7, 11) is 0. The monoisotopic (exact) mass is 348 g/mol. The summed E-state index contributed by atoms with van der Waals surface area (Å²) in [4.78, 5) is 29.0. The van der Waals surface area contributed by atoms with Gasteiger partial charge in [-0.15, -0.1) is 0 Å². The summed E-state index contributed by atoms with van der Waals surface area (Å²) in [6.07, 6.45) is 3.55. The van der Waals surface area contributed by atoms with Crippen molar-refractivity contribution >= 4 is 29.3 Å². The molecular formula is C19H28N2O2S. The van der Waals surface area contributed by atoms with Crippen LogP contribution in [0.4, 0.5) is 5.69 Å². The number of likely N-dealkylation sites (tertiary alicyclic amines) is 1. The Balaban J connectivity index is 1.93. The Labute approximate surface area is 149 Å². The van der Waals surface area contributed by atoms with Crippen molar-refractivity contribution in [2.24, 2.45) is 11.8 Å². The van der Waals surface area contributed by atoms with Gasteiger partial charge < -0.3 is 9.80 Å². The van der Waals surface area contributed by atoms with Gasteiger partial charge in [0, 0.05) is 42.9 Å². The van der Waals surface area contributed by atoms with E-state index in [1.165, 1.54) is 0 Å². The largest absolute Gasteiger partial charge is 0.342 e. The van der Waals surface area contributed by atoms with Crippen molar-refractivity contribution in [3.8, 4) is 0 Å². The fourth-order valence-corrected chi connectivity index (χ4v) is 3.92. The third kappa shape index (κ3) is 4.53. The second-order valence-corrected chi connectivity index (χ2v) is 7.28. The van der Waals surface area contributed by atoms with E-state index in [1.54, 1.807) is 11.8 Å². The molecule has 24 heavy (non-hydrogen) atoms. The van der Waals surface area contributed by atoms with E-state index in [2.05, 4.69) is 0 Å². The van der Waals surface area contributed by atoms with Gasteiger partial charge in [0.1, 0.15) is 0 Å². The van der Waals surface area contributed by atoms with Gasteiger partial charge in [0.05, 0.1) is 0 Å². The lowest BCUT2D eigenvalue weighted by Gasteiger charge is -2.35. The molecule has 1 aliphatic rings. The summed E-state index contributed by atoms with van der Waals surface area (Å²) >= 11 is 1.70. The standard InChI is InChI=1S/C19H28N2O2S/c1-4-21(17-8-6-5-7-9-17)19(23)16-10-12-20(13-11-16)18(22)15(2)14-24-3/h5-9,15-16H,4,10-14H2,1-3H3/t15-/m0/s1. The Bertz CT molecular complexity index is 542. The molecule has 1 aromatic rings. The van der Waals surface area contributed by atoms with Gasteiger partial charge in [-0.2, -0.15) is 11.8 Å². The fourth-order valence-electron chi connectivity index (χ4n) is 3.27. The molecule has 132 valence electrons. The molecule has 2 amide bonds. The molecule has 0 aliphatic carbocycles. The second-order valence-electron chi connectivity index (χ2n) is 6.37. The van der Waals surface area contributed by atoms with E-state index in [-0.39, 0.29) is 23.7 Å². The maximum atomic E-state index is 12.9. The molecule has 4 nitrogen and oxygen atoms in total. The van der Waals surface area contributed by atoms with E-state index in [1.807, 2.05) is 60.2 Å². The van der Waals surface area contributed by atoms with Gasteiger partial charge >= 0.3 is 0 Å². The summed E-state index contributed by atoms with van der Waals surface area (Å²) in [5, 5.41) is 0. The highest BCUT2D eigenvalue weighted by atomic mass is 32.2. The number of piperidine rings is 1. The zero-order chi connectivity index (χ0) is 17.5. The first-order valence-corrected chi connectivity index (χ1v) is 10.1. The average Bonchev–Trinajstić information content (AvgIpc) is 2.63. The molecular weight excluding hydrogens is 320 g/mol. The number of benzene rings is 1. The number of hydrogen-bond donors (Lipinski definition) is 0. The molecule has 0 aromatic heterocycles. The van der Waals surface area contributed by atoms with Gasteiger partial charge in [-0.3, -0.25) is 9.59 Å². The molecule has 0 radical (unpaired) electrons. The van der Waals surface area contributed by atoms with Crippen molar-refractivity contribution in [3.05, 3.63) is 30.3 Å². The van der Waals surface area contributed by atoms with Gasteiger partial charge in [0.25, 0.3) is 0 Å². The number of rotatable bonds is 6. The van der Waals surface area contributed by atoms with Crippen LogP contribution in [0.5, 0.6) is 0 Å².